The molecule has 0 aliphatic heterocycles. The molecule has 0 N–H and O–H groups in total. The van der Waals surface area contributed by atoms with Crippen LogP contribution in [0.15, 0.2) is 42.6 Å². The van der Waals surface area contributed by atoms with Gasteiger partial charge in [-0.25, -0.2) is 0 Å². The van der Waals surface area contributed by atoms with E-state index in [1.165, 1.54) is 5.69 Å². The van der Waals surface area contributed by atoms with Crippen molar-refractivity contribution >= 4 is 5.91 Å². The number of nitrogens with zero attached hydrogens (tertiary/aromatic N) is 2. The van der Waals surface area contributed by atoms with Gasteiger partial charge in [0.15, 0.2) is 0 Å². The number of benzene rings is 1. The minimum absolute atomic E-state index is 0.192. The summed E-state index contributed by atoms with van der Waals surface area (Å²) < 4.78 is 7.31. The first-order valence-electron chi connectivity index (χ1n) is 7.70. The van der Waals surface area contributed by atoms with Crippen LogP contribution in [0.3, 0.4) is 0 Å². The Balaban J connectivity index is 1.71. The van der Waals surface area contributed by atoms with E-state index in [0.717, 1.165) is 24.2 Å². The second-order valence-corrected chi connectivity index (χ2v) is 5.89. The number of amides is 1. The van der Waals surface area contributed by atoms with Crippen molar-refractivity contribution in [3.05, 3.63) is 53.9 Å². The Labute approximate surface area is 131 Å². The zero-order valence-corrected chi connectivity index (χ0v) is 13.2. The predicted molar refractivity (Wildman–Crippen MR) is 85.7 cm³/mol. The average molecular weight is 298 g/mol. The summed E-state index contributed by atoms with van der Waals surface area (Å²) >= 11 is 0. The third-order valence-electron chi connectivity index (χ3n) is 4.18. The van der Waals surface area contributed by atoms with E-state index < -0.39 is 0 Å². The number of hydrogen-bond donors (Lipinski definition) is 0. The highest BCUT2D eigenvalue weighted by molar-refractivity contribution is 5.79. The van der Waals surface area contributed by atoms with Crippen LogP contribution in [-0.2, 0) is 24.8 Å². The standard InChI is InChI=1S/C18H22N2O2/c1-19-10-4-6-16(19)13-20(15-8-9-15)18(21)12-14-5-3-7-17(11-14)22-2/h3-7,10-11,15H,8-9,12-13H2,1-2H3. The number of rotatable bonds is 6. The first-order valence-corrected chi connectivity index (χ1v) is 7.70. The van der Waals surface area contributed by atoms with E-state index in [1.54, 1.807) is 7.11 Å². The van der Waals surface area contributed by atoms with Crippen LogP contribution < -0.4 is 4.74 Å². The van der Waals surface area contributed by atoms with E-state index in [2.05, 4.69) is 10.6 Å². The van der Waals surface area contributed by atoms with Gasteiger partial charge in [0.05, 0.1) is 20.1 Å². The molecule has 0 spiro atoms. The summed E-state index contributed by atoms with van der Waals surface area (Å²) in [6, 6.07) is 12.3. The Bertz CT molecular complexity index is 659. The fourth-order valence-electron chi connectivity index (χ4n) is 2.70. The van der Waals surface area contributed by atoms with Crippen molar-refractivity contribution in [3.63, 3.8) is 0 Å². The molecule has 1 aliphatic rings. The first-order chi connectivity index (χ1) is 10.7. The highest BCUT2D eigenvalue weighted by Crippen LogP contribution is 2.29. The van der Waals surface area contributed by atoms with Gasteiger partial charge in [-0.3, -0.25) is 4.79 Å². The van der Waals surface area contributed by atoms with Gasteiger partial charge in [0.2, 0.25) is 5.91 Å². The SMILES string of the molecule is COc1cccc(CC(=O)N(Cc2cccn2C)C2CC2)c1. The number of hydrogen-bond acceptors (Lipinski definition) is 2. The fraction of sp³-hybridized carbons (Fsp3) is 0.389. The number of methoxy groups -OCH3 is 1. The second-order valence-electron chi connectivity index (χ2n) is 5.89. The van der Waals surface area contributed by atoms with Crippen molar-refractivity contribution < 1.29 is 9.53 Å². The fourth-order valence-corrected chi connectivity index (χ4v) is 2.70. The lowest BCUT2D eigenvalue weighted by atomic mass is 10.1. The lowest BCUT2D eigenvalue weighted by Crippen LogP contribution is -2.34. The van der Waals surface area contributed by atoms with Crippen molar-refractivity contribution in [3.8, 4) is 5.75 Å². The quantitative estimate of drug-likeness (QED) is 0.822. The number of ether oxygens (including phenoxy) is 1. The number of carbonyl (C=O) groups is 1. The van der Waals surface area contributed by atoms with Gasteiger partial charge in [0.1, 0.15) is 5.75 Å². The van der Waals surface area contributed by atoms with Gasteiger partial charge in [-0.05, 0) is 42.7 Å². The third kappa shape index (κ3) is 3.32. The zero-order chi connectivity index (χ0) is 15.5. The Kier molecular flexibility index (Phi) is 4.18. The van der Waals surface area contributed by atoms with Crippen molar-refractivity contribution in [2.45, 2.75) is 31.8 Å². The molecule has 0 radical (unpaired) electrons. The van der Waals surface area contributed by atoms with Crippen molar-refractivity contribution in [1.82, 2.24) is 9.47 Å². The summed E-state index contributed by atoms with van der Waals surface area (Å²) in [5.41, 5.74) is 2.17. The van der Waals surface area contributed by atoms with Gasteiger partial charge >= 0.3 is 0 Å². The van der Waals surface area contributed by atoms with E-state index in [-0.39, 0.29) is 5.91 Å². The summed E-state index contributed by atoms with van der Waals surface area (Å²) in [6.45, 7) is 0.691. The van der Waals surface area contributed by atoms with Gasteiger partial charge in [0.25, 0.3) is 0 Å². The van der Waals surface area contributed by atoms with Gasteiger partial charge in [0, 0.05) is 25.0 Å². The third-order valence-corrected chi connectivity index (χ3v) is 4.18. The molecule has 4 heteroatoms. The molecule has 0 bridgehead atoms. The average Bonchev–Trinajstić information content (AvgIpc) is 3.28. The molecule has 1 aromatic carbocycles. The van der Waals surface area contributed by atoms with Crippen LogP contribution in [0.5, 0.6) is 5.75 Å². The molecule has 2 aromatic rings. The molecule has 0 saturated heterocycles. The highest BCUT2D eigenvalue weighted by atomic mass is 16.5. The normalized spacial score (nSPS) is 13.9. The summed E-state index contributed by atoms with van der Waals surface area (Å²) in [6.07, 6.45) is 4.69. The molecule has 1 fully saturated rings. The molecule has 1 aliphatic carbocycles. The van der Waals surface area contributed by atoms with Crippen LogP contribution in [0, 0.1) is 0 Å². The summed E-state index contributed by atoms with van der Waals surface area (Å²) in [5.74, 6) is 0.989. The van der Waals surface area contributed by atoms with Crippen LogP contribution in [-0.4, -0.2) is 28.5 Å². The predicted octanol–water partition coefficient (Wildman–Crippen LogP) is 2.77. The molecule has 1 saturated carbocycles. The Hall–Kier alpha value is -2.23. The molecule has 0 unspecified atom stereocenters. The maximum absolute atomic E-state index is 12.7. The lowest BCUT2D eigenvalue weighted by Gasteiger charge is -2.23. The number of aryl methyl sites for hydroxylation is 1. The second kappa shape index (κ2) is 6.26. The van der Waals surface area contributed by atoms with Crippen LogP contribution in [0.2, 0.25) is 0 Å². The molecule has 1 amide bonds. The molecular weight excluding hydrogens is 276 g/mol. The molecule has 1 heterocycles. The molecule has 0 atom stereocenters. The maximum Gasteiger partial charge on any atom is 0.227 e. The highest BCUT2D eigenvalue weighted by Gasteiger charge is 2.32. The first kappa shape index (κ1) is 14.7. The zero-order valence-electron chi connectivity index (χ0n) is 13.2. The smallest absolute Gasteiger partial charge is 0.227 e. The Morgan fingerprint density at radius 3 is 2.77 bits per heavy atom. The molecule has 1 aromatic heterocycles. The van der Waals surface area contributed by atoms with E-state index in [0.29, 0.717) is 19.0 Å². The van der Waals surface area contributed by atoms with Gasteiger partial charge in [-0.2, -0.15) is 0 Å². The van der Waals surface area contributed by atoms with Crippen LogP contribution in [0.4, 0.5) is 0 Å². The summed E-state index contributed by atoms with van der Waals surface area (Å²) in [5, 5.41) is 0. The van der Waals surface area contributed by atoms with Crippen molar-refractivity contribution in [2.75, 3.05) is 7.11 Å². The molecule has 4 nitrogen and oxygen atoms in total. The van der Waals surface area contributed by atoms with Crippen molar-refractivity contribution in [1.29, 1.82) is 0 Å². The van der Waals surface area contributed by atoms with E-state index in [1.807, 2.05) is 48.5 Å². The van der Waals surface area contributed by atoms with E-state index in [4.69, 9.17) is 4.74 Å². The van der Waals surface area contributed by atoms with Crippen LogP contribution >= 0.6 is 0 Å². The van der Waals surface area contributed by atoms with Gasteiger partial charge in [-0.1, -0.05) is 12.1 Å². The van der Waals surface area contributed by atoms with Crippen molar-refractivity contribution in [2.24, 2.45) is 7.05 Å². The minimum Gasteiger partial charge on any atom is -0.497 e. The molecule has 22 heavy (non-hydrogen) atoms. The van der Waals surface area contributed by atoms with Gasteiger partial charge in [-0.15, -0.1) is 0 Å². The Morgan fingerprint density at radius 1 is 1.32 bits per heavy atom. The van der Waals surface area contributed by atoms with E-state index >= 15 is 0 Å². The van der Waals surface area contributed by atoms with Gasteiger partial charge < -0.3 is 14.2 Å². The van der Waals surface area contributed by atoms with E-state index in [9.17, 15) is 4.79 Å². The summed E-state index contributed by atoms with van der Waals surface area (Å²) in [4.78, 5) is 14.7. The topological polar surface area (TPSA) is 34.5 Å². The number of carbonyl (C=O) groups excluding carboxylic acids is 1. The lowest BCUT2D eigenvalue weighted by molar-refractivity contribution is -0.131. The summed E-state index contributed by atoms with van der Waals surface area (Å²) in [7, 11) is 3.67. The minimum atomic E-state index is 0.192. The largest absolute Gasteiger partial charge is 0.497 e. The molecule has 116 valence electrons. The monoisotopic (exact) mass is 298 g/mol. The molecular formula is C18H22N2O2. The number of aromatic nitrogens is 1. The maximum atomic E-state index is 12.7. The Morgan fingerprint density at radius 2 is 2.14 bits per heavy atom. The molecule has 3 rings (SSSR count). The van der Waals surface area contributed by atoms with Crippen LogP contribution in [0.25, 0.3) is 0 Å². The van der Waals surface area contributed by atoms with Crippen LogP contribution in [0.1, 0.15) is 24.1 Å².